The van der Waals surface area contributed by atoms with E-state index < -0.39 is 30.6 Å². The fourth-order valence-corrected chi connectivity index (χ4v) is 3.44. The highest BCUT2D eigenvalue weighted by atomic mass is 19.4. The predicted molar refractivity (Wildman–Crippen MR) is 105 cm³/mol. The molecule has 0 saturated carbocycles. The Balaban J connectivity index is 1.65. The van der Waals surface area contributed by atoms with Gasteiger partial charge in [0.2, 0.25) is 0 Å². The molecule has 1 aromatic heterocycles. The van der Waals surface area contributed by atoms with Crippen LogP contribution >= 0.6 is 0 Å². The monoisotopic (exact) mass is 456 g/mol. The van der Waals surface area contributed by atoms with Gasteiger partial charge >= 0.3 is 6.36 Å². The maximum Gasteiger partial charge on any atom is 0.522 e. The van der Waals surface area contributed by atoms with Gasteiger partial charge in [0.25, 0.3) is 5.91 Å². The number of pyridine rings is 1. The summed E-state index contributed by atoms with van der Waals surface area (Å²) in [6.45, 7) is -0.995. The van der Waals surface area contributed by atoms with Crippen molar-refractivity contribution < 1.29 is 42.4 Å². The summed E-state index contributed by atoms with van der Waals surface area (Å²) in [6.07, 6.45) is -4.38. The number of benzene rings is 1. The third-order valence-electron chi connectivity index (χ3n) is 5.12. The molecule has 1 aromatic carbocycles. The predicted octanol–water partition coefficient (Wildman–Crippen LogP) is 2.10. The molecule has 1 aliphatic heterocycles. The molecule has 2 aromatic rings. The molecule has 11 heteroatoms. The molecular formula is C21H23F3N2O6. The summed E-state index contributed by atoms with van der Waals surface area (Å²) in [6, 6.07) is 9.26. The zero-order chi connectivity index (χ0) is 23.4. The van der Waals surface area contributed by atoms with Crippen LogP contribution in [0.2, 0.25) is 0 Å². The molecule has 1 amide bonds. The summed E-state index contributed by atoms with van der Waals surface area (Å²) in [5.74, 6) is -0.0965. The van der Waals surface area contributed by atoms with Gasteiger partial charge in [-0.25, -0.2) is 0 Å². The van der Waals surface area contributed by atoms with E-state index in [2.05, 4.69) is 9.72 Å². The number of carbonyl (C=O) groups is 1. The van der Waals surface area contributed by atoms with E-state index in [4.69, 9.17) is 9.47 Å². The fraction of sp³-hybridized carbons (Fsp3) is 0.429. The fourth-order valence-electron chi connectivity index (χ4n) is 3.44. The van der Waals surface area contributed by atoms with Gasteiger partial charge in [-0.3, -0.25) is 14.5 Å². The van der Waals surface area contributed by atoms with Gasteiger partial charge in [0.1, 0.15) is 18.3 Å². The van der Waals surface area contributed by atoms with Crippen LogP contribution < -0.4 is 9.47 Å². The third-order valence-corrected chi connectivity index (χ3v) is 5.12. The van der Waals surface area contributed by atoms with Crippen LogP contribution in [0.3, 0.4) is 0 Å². The van der Waals surface area contributed by atoms with Crippen molar-refractivity contribution in [3.05, 3.63) is 53.9 Å². The van der Waals surface area contributed by atoms with E-state index in [0.29, 0.717) is 5.69 Å². The van der Waals surface area contributed by atoms with Gasteiger partial charge in [-0.1, -0.05) is 6.07 Å². The lowest BCUT2D eigenvalue weighted by molar-refractivity contribution is -0.325. The standard InChI is InChI=1S/C21H23F3N2O6/c1-30-16-12-14(5-6-15(16)31-10-11-32-21(22,23)24)19(28)26-9-7-20(29,18(27)13-26)17-4-2-3-8-25-17/h2-6,8,12,18,27,29H,7,9-11,13H2,1H3/t18-,20-/m1/s1. The number of halogens is 3. The maximum absolute atomic E-state index is 12.9. The van der Waals surface area contributed by atoms with Gasteiger partial charge in [0.05, 0.1) is 26.0 Å². The molecule has 2 atom stereocenters. The Kier molecular flexibility index (Phi) is 7.22. The Bertz CT molecular complexity index is 927. The molecule has 0 spiro atoms. The van der Waals surface area contributed by atoms with Crippen molar-refractivity contribution in [3.63, 3.8) is 0 Å². The zero-order valence-corrected chi connectivity index (χ0v) is 17.2. The highest BCUT2D eigenvalue weighted by Gasteiger charge is 2.44. The Morgan fingerprint density at radius 1 is 1.25 bits per heavy atom. The number of alkyl halides is 3. The summed E-state index contributed by atoms with van der Waals surface area (Å²) >= 11 is 0. The van der Waals surface area contributed by atoms with Gasteiger partial charge in [-0.2, -0.15) is 0 Å². The molecule has 1 saturated heterocycles. The molecule has 0 unspecified atom stereocenters. The van der Waals surface area contributed by atoms with Gasteiger partial charge in [0, 0.05) is 24.7 Å². The summed E-state index contributed by atoms with van der Waals surface area (Å²) in [4.78, 5) is 18.4. The van der Waals surface area contributed by atoms with Crippen molar-refractivity contribution in [1.82, 2.24) is 9.88 Å². The number of ether oxygens (including phenoxy) is 3. The summed E-state index contributed by atoms with van der Waals surface area (Å²) in [5.41, 5.74) is -1.00. The lowest BCUT2D eigenvalue weighted by Crippen LogP contribution is -2.55. The Morgan fingerprint density at radius 3 is 2.66 bits per heavy atom. The number of methoxy groups -OCH3 is 1. The van der Waals surface area contributed by atoms with Crippen molar-refractivity contribution in [2.45, 2.75) is 24.5 Å². The largest absolute Gasteiger partial charge is 0.522 e. The topological polar surface area (TPSA) is 101 Å². The number of aromatic nitrogens is 1. The average Bonchev–Trinajstić information content (AvgIpc) is 2.78. The molecule has 2 N–H and O–H groups in total. The number of aliphatic hydroxyl groups is 2. The quantitative estimate of drug-likeness (QED) is 0.616. The maximum atomic E-state index is 12.9. The van der Waals surface area contributed by atoms with Gasteiger partial charge < -0.3 is 24.6 Å². The van der Waals surface area contributed by atoms with Crippen LogP contribution in [0.25, 0.3) is 0 Å². The first-order chi connectivity index (χ1) is 15.1. The van der Waals surface area contributed by atoms with Crippen molar-refractivity contribution in [1.29, 1.82) is 0 Å². The van der Waals surface area contributed by atoms with Crippen LogP contribution in [-0.4, -0.2) is 71.9 Å². The summed E-state index contributed by atoms with van der Waals surface area (Å²) in [5, 5.41) is 21.4. The van der Waals surface area contributed by atoms with E-state index in [9.17, 15) is 28.2 Å². The zero-order valence-electron chi connectivity index (χ0n) is 17.2. The van der Waals surface area contributed by atoms with Crippen molar-refractivity contribution >= 4 is 5.91 Å². The molecule has 174 valence electrons. The second kappa shape index (κ2) is 9.72. The molecule has 32 heavy (non-hydrogen) atoms. The van der Waals surface area contributed by atoms with Gasteiger partial charge in [0.15, 0.2) is 11.5 Å². The number of hydrogen-bond acceptors (Lipinski definition) is 7. The van der Waals surface area contributed by atoms with E-state index in [0.717, 1.165) is 0 Å². The third kappa shape index (κ3) is 5.47. The van der Waals surface area contributed by atoms with E-state index in [1.54, 1.807) is 18.2 Å². The SMILES string of the molecule is COc1cc(C(=O)N2CC[C@@](O)(c3ccccn3)[C@H](O)C2)ccc1OCCOC(F)(F)F. The van der Waals surface area contributed by atoms with Crippen LogP contribution in [0.15, 0.2) is 42.6 Å². The first-order valence-electron chi connectivity index (χ1n) is 9.77. The van der Waals surface area contributed by atoms with E-state index in [1.165, 1.54) is 36.4 Å². The van der Waals surface area contributed by atoms with Crippen LogP contribution in [-0.2, 0) is 10.3 Å². The number of β-amino-alcohol motifs (C(OH)–C–C–N with tert-alkyl or cyclic N) is 1. The Labute approximate surface area is 182 Å². The van der Waals surface area contributed by atoms with Crippen molar-refractivity contribution in [2.24, 2.45) is 0 Å². The number of rotatable bonds is 7. The number of amides is 1. The normalized spacial score (nSPS) is 21.3. The molecule has 8 nitrogen and oxygen atoms in total. The average molecular weight is 456 g/mol. The van der Waals surface area contributed by atoms with Gasteiger partial charge in [-0.15, -0.1) is 13.2 Å². The van der Waals surface area contributed by atoms with Crippen molar-refractivity contribution in [2.75, 3.05) is 33.4 Å². The molecule has 0 radical (unpaired) electrons. The number of piperidine rings is 1. The number of nitrogens with zero attached hydrogens (tertiary/aromatic N) is 2. The van der Waals surface area contributed by atoms with E-state index in [1.807, 2.05) is 0 Å². The molecule has 0 bridgehead atoms. The minimum atomic E-state index is -4.74. The van der Waals surface area contributed by atoms with Crippen LogP contribution in [0.5, 0.6) is 11.5 Å². The van der Waals surface area contributed by atoms with Crippen LogP contribution in [0, 0.1) is 0 Å². The summed E-state index contributed by atoms with van der Waals surface area (Å²) in [7, 11) is 1.33. The molecule has 1 fully saturated rings. The minimum Gasteiger partial charge on any atom is -0.493 e. The number of aliphatic hydroxyl groups excluding tert-OH is 1. The number of carbonyl (C=O) groups excluding carboxylic acids is 1. The van der Waals surface area contributed by atoms with E-state index in [-0.39, 0.29) is 43.2 Å². The summed E-state index contributed by atoms with van der Waals surface area (Å²) < 4.78 is 50.2. The smallest absolute Gasteiger partial charge is 0.493 e. The second-order valence-corrected chi connectivity index (χ2v) is 7.16. The van der Waals surface area contributed by atoms with Gasteiger partial charge in [-0.05, 0) is 30.3 Å². The second-order valence-electron chi connectivity index (χ2n) is 7.16. The molecule has 2 heterocycles. The Hall–Kier alpha value is -2.89. The van der Waals surface area contributed by atoms with Crippen LogP contribution in [0.1, 0.15) is 22.5 Å². The molecule has 0 aliphatic carbocycles. The van der Waals surface area contributed by atoms with E-state index >= 15 is 0 Å². The number of likely N-dealkylation sites (tertiary alicyclic amines) is 1. The molecular weight excluding hydrogens is 433 g/mol. The molecule has 3 rings (SSSR count). The number of hydrogen-bond donors (Lipinski definition) is 2. The lowest BCUT2D eigenvalue weighted by atomic mass is 9.85. The Morgan fingerprint density at radius 2 is 2.03 bits per heavy atom. The highest BCUT2D eigenvalue weighted by molar-refractivity contribution is 5.95. The molecule has 1 aliphatic rings. The highest BCUT2D eigenvalue weighted by Crippen LogP contribution is 2.33. The first kappa shape index (κ1) is 23.8. The van der Waals surface area contributed by atoms with Crippen LogP contribution in [0.4, 0.5) is 13.2 Å². The lowest BCUT2D eigenvalue weighted by Gasteiger charge is -2.41. The van der Waals surface area contributed by atoms with Crippen molar-refractivity contribution in [3.8, 4) is 11.5 Å². The first-order valence-corrected chi connectivity index (χ1v) is 9.77. The minimum absolute atomic E-state index is 0.0917.